The number of carbonyl (C=O) groups is 1. The highest BCUT2D eigenvalue weighted by atomic mass is 16.5. The minimum Gasteiger partial charge on any atom is -0.443 e. The first-order valence-electron chi connectivity index (χ1n) is 4.89. The summed E-state index contributed by atoms with van der Waals surface area (Å²) in [4.78, 5) is 14.5. The van der Waals surface area contributed by atoms with Crippen molar-refractivity contribution >= 4 is 16.9 Å². The standard InChI is InChI=1S/C12H10N2O2/c1-8(7-13)16-12(15)11-6-9-4-2-3-5-10(9)14-11/h2-6,8,14H,1H3/t8-/m1/s1. The van der Waals surface area contributed by atoms with Crippen LogP contribution in [0.2, 0.25) is 0 Å². The molecule has 1 aromatic heterocycles. The van der Waals surface area contributed by atoms with Crippen molar-refractivity contribution in [3.05, 3.63) is 36.0 Å². The molecule has 0 bridgehead atoms. The molecular formula is C12H10N2O2. The molecule has 0 saturated carbocycles. The molecule has 1 atom stereocenters. The molecule has 2 rings (SSSR count). The van der Waals surface area contributed by atoms with Gasteiger partial charge in [-0.25, -0.2) is 4.79 Å². The van der Waals surface area contributed by atoms with Crippen LogP contribution in [0.5, 0.6) is 0 Å². The van der Waals surface area contributed by atoms with Gasteiger partial charge in [0.15, 0.2) is 6.10 Å². The molecule has 0 unspecified atom stereocenters. The monoisotopic (exact) mass is 214 g/mol. The van der Waals surface area contributed by atoms with Crippen LogP contribution in [0, 0.1) is 11.3 Å². The Morgan fingerprint density at radius 2 is 2.25 bits per heavy atom. The summed E-state index contributed by atoms with van der Waals surface area (Å²) in [7, 11) is 0. The fourth-order valence-corrected chi connectivity index (χ4v) is 1.43. The Kier molecular flexibility index (Phi) is 2.61. The summed E-state index contributed by atoms with van der Waals surface area (Å²) in [5, 5.41) is 9.48. The predicted octanol–water partition coefficient (Wildman–Crippen LogP) is 2.24. The van der Waals surface area contributed by atoms with E-state index in [1.165, 1.54) is 6.92 Å². The Labute approximate surface area is 92.4 Å². The van der Waals surface area contributed by atoms with Gasteiger partial charge in [0.2, 0.25) is 0 Å². The Morgan fingerprint density at radius 3 is 2.94 bits per heavy atom. The summed E-state index contributed by atoms with van der Waals surface area (Å²) in [6.07, 6.45) is -0.737. The number of carbonyl (C=O) groups excluding carboxylic acids is 1. The van der Waals surface area contributed by atoms with Crippen molar-refractivity contribution in [2.24, 2.45) is 0 Å². The van der Waals surface area contributed by atoms with Crippen LogP contribution in [-0.2, 0) is 4.74 Å². The van der Waals surface area contributed by atoms with Gasteiger partial charge in [-0.05, 0) is 19.1 Å². The van der Waals surface area contributed by atoms with E-state index in [-0.39, 0.29) is 0 Å². The summed E-state index contributed by atoms with van der Waals surface area (Å²) >= 11 is 0. The molecule has 1 N–H and O–H groups in total. The number of aromatic nitrogens is 1. The zero-order valence-corrected chi connectivity index (χ0v) is 8.73. The molecule has 0 aliphatic heterocycles. The van der Waals surface area contributed by atoms with Crippen LogP contribution in [-0.4, -0.2) is 17.1 Å². The van der Waals surface area contributed by atoms with Gasteiger partial charge in [0.1, 0.15) is 11.8 Å². The SMILES string of the molecule is C[C@H](C#N)OC(=O)c1cc2ccccc2[nH]1. The molecule has 80 valence electrons. The minimum atomic E-state index is -0.737. The van der Waals surface area contributed by atoms with Gasteiger partial charge >= 0.3 is 5.97 Å². The number of fused-ring (bicyclic) bond motifs is 1. The Bertz CT molecular complexity index is 533. The normalized spacial score (nSPS) is 12.0. The number of esters is 1. The third-order valence-corrected chi connectivity index (χ3v) is 2.22. The Balaban J connectivity index is 2.27. The molecule has 1 heterocycles. The zero-order valence-electron chi connectivity index (χ0n) is 8.73. The van der Waals surface area contributed by atoms with Crippen LogP contribution in [0.1, 0.15) is 17.4 Å². The average molecular weight is 214 g/mol. The zero-order chi connectivity index (χ0) is 11.5. The van der Waals surface area contributed by atoms with Crippen molar-refractivity contribution < 1.29 is 9.53 Å². The second-order valence-corrected chi connectivity index (χ2v) is 3.45. The second kappa shape index (κ2) is 4.07. The van der Waals surface area contributed by atoms with Crippen LogP contribution in [0.15, 0.2) is 30.3 Å². The second-order valence-electron chi connectivity index (χ2n) is 3.45. The molecule has 0 amide bonds. The number of para-hydroxylation sites is 1. The predicted molar refractivity (Wildman–Crippen MR) is 58.8 cm³/mol. The van der Waals surface area contributed by atoms with Gasteiger partial charge < -0.3 is 9.72 Å². The smallest absolute Gasteiger partial charge is 0.356 e. The number of nitrogens with one attached hydrogen (secondary N) is 1. The van der Waals surface area contributed by atoms with Crippen molar-refractivity contribution in [2.45, 2.75) is 13.0 Å². The van der Waals surface area contributed by atoms with E-state index in [0.29, 0.717) is 5.69 Å². The van der Waals surface area contributed by atoms with Crippen LogP contribution >= 0.6 is 0 Å². The lowest BCUT2D eigenvalue weighted by molar-refractivity contribution is 0.0429. The number of hydrogen-bond acceptors (Lipinski definition) is 3. The highest BCUT2D eigenvalue weighted by Crippen LogP contribution is 2.15. The molecule has 1 aromatic carbocycles. The molecular weight excluding hydrogens is 204 g/mol. The number of nitriles is 1. The van der Waals surface area contributed by atoms with Gasteiger partial charge in [0.05, 0.1) is 0 Å². The van der Waals surface area contributed by atoms with E-state index in [0.717, 1.165) is 10.9 Å². The van der Waals surface area contributed by atoms with E-state index in [4.69, 9.17) is 10.00 Å². The Hall–Kier alpha value is -2.28. The van der Waals surface area contributed by atoms with Crippen LogP contribution in [0.4, 0.5) is 0 Å². The summed E-state index contributed by atoms with van der Waals surface area (Å²) in [5.74, 6) is -0.509. The number of benzene rings is 1. The molecule has 0 aliphatic rings. The summed E-state index contributed by atoms with van der Waals surface area (Å²) in [6.45, 7) is 1.53. The van der Waals surface area contributed by atoms with E-state index in [1.807, 2.05) is 30.3 Å². The summed E-state index contributed by atoms with van der Waals surface area (Å²) in [5.41, 5.74) is 1.24. The number of rotatable bonds is 2. The lowest BCUT2D eigenvalue weighted by atomic mass is 10.2. The Morgan fingerprint density at radius 1 is 1.50 bits per heavy atom. The van der Waals surface area contributed by atoms with E-state index < -0.39 is 12.1 Å². The van der Waals surface area contributed by atoms with Gasteiger partial charge in [-0.1, -0.05) is 18.2 Å². The van der Waals surface area contributed by atoms with Gasteiger partial charge in [-0.2, -0.15) is 5.26 Å². The fourth-order valence-electron chi connectivity index (χ4n) is 1.43. The van der Waals surface area contributed by atoms with Crippen molar-refractivity contribution in [1.29, 1.82) is 5.26 Å². The summed E-state index contributed by atoms with van der Waals surface area (Å²) in [6, 6.07) is 11.1. The molecule has 16 heavy (non-hydrogen) atoms. The number of H-pyrrole nitrogens is 1. The first kappa shape index (κ1) is 10.2. The maximum absolute atomic E-state index is 11.6. The van der Waals surface area contributed by atoms with Crippen molar-refractivity contribution in [2.75, 3.05) is 0 Å². The highest BCUT2D eigenvalue weighted by molar-refractivity contribution is 5.94. The average Bonchev–Trinajstić information content (AvgIpc) is 2.72. The quantitative estimate of drug-likeness (QED) is 0.779. The highest BCUT2D eigenvalue weighted by Gasteiger charge is 2.13. The lowest BCUT2D eigenvalue weighted by Gasteiger charge is -2.03. The fraction of sp³-hybridized carbons (Fsp3) is 0.167. The van der Waals surface area contributed by atoms with Crippen molar-refractivity contribution in [3.63, 3.8) is 0 Å². The van der Waals surface area contributed by atoms with Crippen LogP contribution in [0.3, 0.4) is 0 Å². The minimum absolute atomic E-state index is 0.364. The molecule has 4 nitrogen and oxygen atoms in total. The molecule has 0 saturated heterocycles. The van der Waals surface area contributed by atoms with E-state index >= 15 is 0 Å². The van der Waals surface area contributed by atoms with E-state index in [9.17, 15) is 4.79 Å². The van der Waals surface area contributed by atoms with Gasteiger partial charge in [-0.3, -0.25) is 0 Å². The summed E-state index contributed by atoms with van der Waals surface area (Å²) < 4.78 is 4.88. The maximum Gasteiger partial charge on any atom is 0.356 e. The molecule has 2 aromatic rings. The lowest BCUT2D eigenvalue weighted by Crippen LogP contribution is -2.13. The molecule has 0 radical (unpaired) electrons. The third kappa shape index (κ3) is 1.89. The number of hydrogen-bond donors (Lipinski definition) is 1. The van der Waals surface area contributed by atoms with Gasteiger partial charge in [0, 0.05) is 10.9 Å². The first-order valence-corrected chi connectivity index (χ1v) is 4.89. The molecule has 0 fully saturated rings. The topological polar surface area (TPSA) is 65.9 Å². The largest absolute Gasteiger partial charge is 0.443 e. The van der Waals surface area contributed by atoms with Crippen LogP contribution in [0.25, 0.3) is 10.9 Å². The maximum atomic E-state index is 11.6. The molecule has 4 heteroatoms. The van der Waals surface area contributed by atoms with Gasteiger partial charge in [0.25, 0.3) is 0 Å². The third-order valence-electron chi connectivity index (χ3n) is 2.22. The molecule has 0 aliphatic carbocycles. The van der Waals surface area contributed by atoms with Crippen molar-refractivity contribution in [3.8, 4) is 6.07 Å². The van der Waals surface area contributed by atoms with Crippen molar-refractivity contribution in [1.82, 2.24) is 4.98 Å². The molecule has 0 spiro atoms. The van der Waals surface area contributed by atoms with Gasteiger partial charge in [-0.15, -0.1) is 0 Å². The van der Waals surface area contributed by atoms with Crippen LogP contribution < -0.4 is 0 Å². The number of nitrogens with zero attached hydrogens (tertiary/aromatic N) is 1. The first-order chi connectivity index (χ1) is 7.70. The number of aromatic amines is 1. The number of ether oxygens (including phenoxy) is 1. The van der Waals surface area contributed by atoms with E-state index in [1.54, 1.807) is 6.07 Å². The van der Waals surface area contributed by atoms with E-state index in [2.05, 4.69) is 4.98 Å².